The number of anilines is 1. The Kier molecular flexibility index (Phi) is 6.44. The molecule has 5 nitrogen and oxygen atoms in total. The molecule has 0 aromatic heterocycles. The van der Waals surface area contributed by atoms with Crippen molar-refractivity contribution in [1.29, 1.82) is 0 Å². The number of nitrogens with two attached hydrogens (primary N) is 1. The fourth-order valence-corrected chi connectivity index (χ4v) is 2.52. The lowest BCUT2D eigenvalue weighted by atomic mass is 10.1. The number of aliphatic hydroxyl groups excluding tert-OH is 1. The van der Waals surface area contributed by atoms with Crippen LogP contribution in [0.2, 0.25) is 0 Å². The minimum absolute atomic E-state index is 0.0287. The van der Waals surface area contributed by atoms with E-state index in [-0.39, 0.29) is 17.7 Å². The molecule has 0 aliphatic rings. The van der Waals surface area contributed by atoms with Gasteiger partial charge in [0.05, 0.1) is 0 Å². The first-order valence-electron chi connectivity index (χ1n) is 7.96. The maximum atomic E-state index is 14.3. The molecular formula is C18H21F2N3O2. The lowest BCUT2D eigenvalue weighted by Crippen LogP contribution is -2.35. The van der Waals surface area contributed by atoms with Crippen LogP contribution in [0.4, 0.5) is 14.5 Å². The lowest BCUT2D eigenvalue weighted by Gasteiger charge is -2.30. The second-order valence-corrected chi connectivity index (χ2v) is 5.66. The van der Waals surface area contributed by atoms with Crippen molar-refractivity contribution in [3.63, 3.8) is 0 Å². The predicted molar refractivity (Wildman–Crippen MR) is 91.6 cm³/mol. The highest BCUT2D eigenvalue weighted by molar-refractivity contribution is 5.93. The number of nitrogens with one attached hydrogen (secondary N) is 1. The number of hydrogen-bond donors (Lipinski definition) is 3. The minimum atomic E-state index is -0.891. The zero-order valence-corrected chi connectivity index (χ0v) is 13.9. The third-order valence-electron chi connectivity index (χ3n) is 3.83. The van der Waals surface area contributed by atoms with Gasteiger partial charge in [0.15, 0.2) is 0 Å². The number of nitrogens with zero attached hydrogens (tertiary/aromatic N) is 1. The number of carbonyl (C=O) groups is 1. The molecule has 1 amide bonds. The highest BCUT2D eigenvalue weighted by Gasteiger charge is 2.19. The zero-order valence-electron chi connectivity index (χ0n) is 13.9. The Hall–Kier alpha value is -2.51. The van der Waals surface area contributed by atoms with E-state index < -0.39 is 23.8 Å². The van der Waals surface area contributed by atoms with Crippen LogP contribution in [-0.2, 0) is 6.54 Å². The van der Waals surface area contributed by atoms with Gasteiger partial charge in [-0.05, 0) is 36.8 Å². The molecule has 0 aliphatic carbocycles. The fourth-order valence-electron chi connectivity index (χ4n) is 2.52. The monoisotopic (exact) mass is 349 g/mol. The van der Waals surface area contributed by atoms with Gasteiger partial charge in [-0.1, -0.05) is 25.5 Å². The minimum Gasteiger partial charge on any atom is -0.374 e. The number of carbonyl (C=O) groups excluding carboxylic acids is 1. The Morgan fingerprint density at radius 3 is 2.64 bits per heavy atom. The summed E-state index contributed by atoms with van der Waals surface area (Å²) in [7, 11) is 0. The molecule has 0 fully saturated rings. The fraction of sp³-hybridized carbons (Fsp3) is 0.278. The summed E-state index contributed by atoms with van der Waals surface area (Å²) in [5.41, 5.74) is 2.75. The topological polar surface area (TPSA) is 78.6 Å². The van der Waals surface area contributed by atoms with Crippen molar-refractivity contribution in [2.24, 2.45) is 5.84 Å². The molecule has 1 unspecified atom stereocenters. The van der Waals surface area contributed by atoms with E-state index >= 15 is 0 Å². The largest absolute Gasteiger partial charge is 0.374 e. The summed E-state index contributed by atoms with van der Waals surface area (Å²) < 4.78 is 27.9. The first-order valence-corrected chi connectivity index (χ1v) is 7.96. The Bertz CT molecular complexity index is 740. The van der Waals surface area contributed by atoms with E-state index in [1.165, 1.54) is 35.2 Å². The van der Waals surface area contributed by atoms with Crippen molar-refractivity contribution >= 4 is 11.6 Å². The van der Waals surface area contributed by atoms with Gasteiger partial charge in [-0.15, -0.1) is 0 Å². The van der Waals surface area contributed by atoms with Crippen molar-refractivity contribution < 1.29 is 18.7 Å². The average molecular weight is 349 g/mol. The van der Waals surface area contributed by atoms with E-state index in [9.17, 15) is 18.7 Å². The van der Waals surface area contributed by atoms with Crippen LogP contribution in [0.5, 0.6) is 0 Å². The molecule has 0 saturated carbocycles. The number of nitrogen functional groups attached to an aromatic ring is 1. The molecule has 0 bridgehead atoms. The summed E-state index contributed by atoms with van der Waals surface area (Å²) >= 11 is 0. The molecule has 25 heavy (non-hydrogen) atoms. The van der Waals surface area contributed by atoms with Gasteiger partial charge in [0.2, 0.25) is 0 Å². The van der Waals surface area contributed by atoms with Crippen molar-refractivity contribution in [2.45, 2.75) is 32.5 Å². The summed E-state index contributed by atoms with van der Waals surface area (Å²) in [5, 5.41) is 10.4. The molecule has 2 aromatic carbocycles. The van der Waals surface area contributed by atoms with Crippen molar-refractivity contribution in [3.05, 3.63) is 65.2 Å². The van der Waals surface area contributed by atoms with E-state index in [0.717, 1.165) is 6.07 Å². The second kappa shape index (κ2) is 8.55. The third kappa shape index (κ3) is 4.74. The van der Waals surface area contributed by atoms with Crippen LogP contribution in [0.15, 0.2) is 42.5 Å². The normalized spacial score (nSPS) is 11.9. The number of rotatable bonds is 7. The highest BCUT2D eigenvalue weighted by atomic mass is 19.1. The Labute approximate surface area is 145 Å². The molecule has 0 saturated heterocycles. The van der Waals surface area contributed by atoms with Crippen LogP contribution in [0.3, 0.4) is 0 Å². The van der Waals surface area contributed by atoms with Crippen molar-refractivity contribution in [1.82, 2.24) is 5.43 Å². The van der Waals surface area contributed by atoms with Crippen LogP contribution in [0, 0.1) is 11.6 Å². The number of hydrogen-bond acceptors (Lipinski definition) is 4. The maximum Gasteiger partial charge on any atom is 0.265 e. The number of benzene rings is 2. The average Bonchev–Trinajstić information content (AvgIpc) is 2.60. The van der Waals surface area contributed by atoms with Gasteiger partial charge in [-0.25, -0.2) is 14.6 Å². The molecule has 7 heteroatoms. The number of aliphatic hydroxyl groups is 1. The van der Waals surface area contributed by atoms with Crippen LogP contribution in [-0.4, -0.2) is 17.2 Å². The molecule has 1 atom stereocenters. The van der Waals surface area contributed by atoms with Gasteiger partial charge < -0.3 is 10.0 Å². The third-order valence-corrected chi connectivity index (χ3v) is 3.83. The van der Waals surface area contributed by atoms with Gasteiger partial charge >= 0.3 is 0 Å². The summed E-state index contributed by atoms with van der Waals surface area (Å²) in [6, 6.07) is 9.73. The molecule has 134 valence electrons. The van der Waals surface area contributed by atoms with E-state index in [1.54, 1.807) is 6.07 Å². The first-order chi connectivity index (χ1) is 12.0. The number of hydrazine groups is 1. The number of amides is 1. The van der Waals surface area contributed by atoms with Crippen LogP contribution < -0.4 is 16.2 Å². The molecular weight excluding hydrogens is 328 g/mol. The van der Waals surface area contributed by atoms with Crippen LogP contribution >= 0.6 is 0 Å². The zero-order chi connectivity index (χ0) is 18.4. The Balaban J connectivity index is 2.32. The molecule has 2 aromatic rings. The van der Waals surface area contributed by atoms with Crippen molar-refractivity contribution in [3.8, 4) is 0 Å². The van der Waals surface area contributed by atoms with Crippen LogP contribution in [0.1, 0.15) is 35.7 Å². The van der Waals surface area contributed by atoms with Crippen LogP contribution in [0.25, 0.3) is 0 Å². The van der Waals surface area contributed by atoms with E-state index in [0.29, 0.717) is 18.5 Å². The quantitative estimate of drug-likeness (QED) is 0.311. The summed E-state index contributed by atoms with van der Waals surface area (Å²) in [6.07, 6.45) is 0.273. The van der Waals surface area contributed by atoms with E-state index in [4.69, 9.17) is 5.84 Å². The first kappa shape index (κ1) is 18.8. The molecule has 2 rings (SSSR count). The highest BCUT2D eigenvalue weighted by Crippen LogP contribution is 2.23. The van der Waals surface area contributed by atoms with Gasteiger partial charge in [-0.3, -0.25) is 10.2 Å². The molecule has 0 spiro atoms. The van der Waals surface area contributed by atoms with Gasteiger partial charge in [0.1, 0.15) is 17.9 Å². The molecule has 0 heterocycles. The molecule has 0 aliphatic heterocycles. The summed E-state index contributed by atoms with van der Waals surface area (Å²) in [4.78, 5) is 13.0. The summed E-state index contributed by atoms with van der Waals surface area (Å²) in [5.74, 6) is 3.39. The van der Waals surface area contributed by atoms with Gasteiger partial charge in [0, 0.05) is 23.4 Å². The van der Waals surface area contributed by atoms with E-state index in [2.05, 4.69) is 0 Å². The van der Waals surface area contributed by atoms with E-state index in [1.807, 2.05) is 12.3 Å². The van der Waals surface area contributed by atoms with Gasteiger partial charge in [-0.2, -0.15) is 0 Å². The predicted octanol–water partition coefficient (Wildman–Crippen LogP) is 2.69. The Morgan fingerprint density at radius 1 is 1.28 bits per heavy atom. The van der Waals surface area contributed by atoms with Gasteiger partial charge in [0.25, 0.3) is 5.91 Å². The number of halogens is 2. The lowest BCUT2D eigenvalue weighted by molar-refractivity contribution is 0.0953. The molecule has 0 radical (unpaired) electrons. The standard InChI is InChI=1S/C18H21F2N3O2/c1-2-4-17(24)23(15-6-3-5-14(19)10-15)11-13-8-7-12(9-16(13)20)18(25)22-21/h3,5-10,17,24H,2,4,11,21H2,1H3,(H,22,25). The second-order valence-electron chi connectivity index (χ2n) is 5.66. The Morgan fingerprint density at radius 2 is 2.04 bits per heavy atom. The maximum absolute atomic E-state index is 14.3. The summed E-state index contributed by atoms with van der Waals surface area (Å²) in [6.45, 7) is 1.94. The smallest absolute Gasteiger partial charge is 0.265 e. The van der Waals surface area contributed by atoms with Crippen molar-refractivity contribution in [2.75, 3.05) is 4.90 Å². The SMILES string of the molecule is CCCC(O)N(Cc1ccc(C(=O)NN)cc1F)c1cccc(F)c1. The molecule has 4 N–H and O–H groups in total.